The summed E-state index contributed by atoms with van der Waals surface area (Å²) in [6, 6.07) is 9.54. The van der Waals surface area contributed by atoms with Gasteiger partial charge in [0.25, 0.3) is 0 Å². The predicted molar refractivity (Wildman–Crippen MR) is 99.2 cm³/mol. The van der Waals surface area contributed by atoms with Crippen LogP contribution in [0.15, 0.2) is 30.3 Å². The standard InChI is InChI=1S/C19H21ClN4O2/c20-15-7-2-1-6-14(15)19(8-4-9-19)12-21-17(25)18(26)22-16-11-13-5-3-10-24(13)23-16/h1-2,6-7,11H,3-5,8-10,12H2,(H,21,25)(H,22,23,26). The van der Waals surface area contributed by atoms with Gasteiger partial charge in [0.1, 0.15) is 0 Å². The summed E-state index contributed by atoms with van der Waals surface area (Å²) >= 11 is 6.34. The summed E-state index contributed by atoms with van der Waals surface area (Å²) in [7, 11) is 0. The molecule has 7 heteroatoms. The molecule has 1 fully saturated rings. The van der Waals surface area contributed by atoms with Gasteiger partial charge in [-0.15, -0.1) is 0 Å². The van der Waals surface area contributed by atoms with Gasteiger partial charge >= 0.3 is 11.8 Å². The third kappa shape index (κ3) is 3.09. The van der Waals surface area contributed by atoms with E-state index in [1.807, 2.05) is 35.0 Å². The van der Waals surface area contributed by atoms with Crippen molar-refractivity contribution < 1.29 is 9.59 Å². The molecule has 1 saturated carbocycles. The Morgan fingerprint density at radius 3 is 2.69 bits per heavy atom. The molecule has 0 radical (unpaired) electrons. The van der Waals surface area contributed by atoms with Crippen LogP contribution in [0.4, 0.5) is 5.82 Å². The third-order valence-electron chi connectivity index (χ3n) is 5.46. The lowest BCUT2D eigenvalue weighted by molar-refractivity contribution is -0.136. The van der Waals surface area contributed by atoms with Crippen LogP contribution in [-0.2, 0) is 28.0 Å². The molecular formula is C19H21ClN4O2. The fourth-order valence-electron chi connectivity index (χ4n) is 3.86. The zero-order valence-corrected chi connectivity index (χ0v) is 15.2. The van der Waals surface area contributed by atoms with Crippen molar-refractivity contribution in [3.63, 3.8) is 0 Å². The number of hydrogen-bond acceptors (Lipinski definition) is 3. The van der Waals surface area contributed by atoms with Gasteiger partial charge in [-0.1, -0.05) is 36.2 Å². The number of anilines is 1. The Kier molecular flexibility index (Phi) is 4.44. The third-order valence-corrected chi connectivity index (χ3v) is 5.79. The van der Waals surface area contributed by atoms with Crippen LogP contribution in [-0.4, -0.2) is 28.1 Å². The lowest BCUT2D eigenvalue weighted by Crippen LogP contribution is -2.48. The summed E-state index contributed by atoms with van der Waals surface area (Å²) < 4.78 is 1.87. The molecule has 2 aliphatic rings. The van der Waals surface area contributed by atoms with E-state index >= 15 is 0 Å². The normalized spacial score (nSPS) is 17.3. The van der Waals surface area contributed by atoms with Crippen molar-refractivity contribution >= 4 is 29.2 Å². The van der Waals surface area contributed by atoms with E-state index in [0.717, 1.165) is 49.9 Å². The first kappa shape index (κ1) is 17.1. The quantitative estimate of drug-likeness (QED) is 0.810. The average molecular weight is 373 g/mol. The number of rotatable bonds is 4. The topological polar surface area (TPSA) is 76.0 Å². The molecule has 1 aromatic heterocycles. The Bertz CT molecular complexity index is 835. The van der Waals surface area contributed by atoms with Crippen molar-refractivity contribution in [2.45, 2.75) is 44.1 Å². The molecule has 136 valence electrons. The second-order valence-corrected chi connectivity index (χ2v) is 7.51. The predicted octanol–water partition coefficient (Wildman–Crippen LogP) is 2.66. The van der Waals surface area contributed by atoms with Gasteiger partial charge in [0.15, 0.2) is 5.82 Å². The SMILES string of the molecule is O=C(NCC1(c2ccccc2Cl)CCC1)C(=O)Nc1cc2n(n1)CCC2. The number of carbonyl (C=O) groups excluding carboxylic acids is 2. The molecule has 0 saturated heterocycles. The Balaban J connectivity index is 1.38. The molecule has 2 N–H and O–H groups in total. The number of benzene rings is 1. The first-order valence-electron chi connectivity index (χ1n) is 8.98. The van der Waals surface area contributed by atoms with E-state index in [-0.39, 0.29) is 5.41 Å². The van der Waals surface area contributed by atoms with E-state index in [1.54, 1.807) is 0 Å². The van der Waals surface area contributed by atoms with Crippen molar-refractivity contribution in [2.24, 2.45) is 0 Å². The van der Waals surface area contributed by atoms with Crippen LogP contribution >= 0.6 is 11.6 Å². The molecule has 0 atom stereocenters. The lowest BCUT2D eigenvalue weighted by atomic mass is 9.64. The van der Waals surface area contributed by atoms with Gasteiger partial charge in [-0.05, 0) is 37.3 Å². The second-order valence-electron chi connectivity index (χ2n) is 7.10. The highest BCUT2D eigenvalue weighted by molar-refractivity contribution is 6.39. The summed E-state index contributed by atoms with van der Waals surface area (Å²) in [4.78, 5) is 24.4. The number of nitrogens with one attached hydrogen (secondary N) is 2. The van der Waals surface area contributed by atoms with Crippen molar-refractivity contribution in [1.82, 2.24) is 15.1 Å². The van der Waals surface area contributed by atoms with Crippen LogP contribution < -0.4 is 10.6 Å². The van der Waals surface area contributed by atoms with Crippen LogP contribution in [0.5, 0.6) is 0 Å². The van der Waals surface area contributed by atoms with E-state index in [4.69, 9.17) is 11.6 Å². The highest BCUT2D eigenvalue weighted by Gasteiger charge is 2.40. The van der Waals surface area contributed by atoms with Crippen molar-refractivity contribution in [1.29, 1.82) is 0 Å². The molecule has 2 heterocycles. The Morgan fingerprint density at radius 1 is 1.19 bits per heavy atom. The summed E-state index contributed by atoms with van der Waals surface area (Å²) in [5.74, 6) is -0.892. The van der Waals surface area contributed by atoms with E-state index in [2.05, 4.69) is 15.7 Å². The van der Waals surface area contributed by atoms with Gasteiger partial charge < -0.3 is 10.6 Å². The molecule has 26 heavy (non-hydrogen) atoms. The number of carbonyl (C=O) groups is 2. The molecular weight excluding hydrogens is 352 g/mol. The maximum Gasteiger partial charge on any atom is 0.314 e. The van der Waals surface area contributed by atoms with Crippen LogP contribution in [0.1, 0.15) is 36.9 Å². The minimum Gasteiger partial charge on any atom is -0.347 e. The van der Waals surface area contributed by atoms with E-state index in [0.29, 0.717) is 17.4 Å². The molecule has 2 aromatic rings. The number of hydrogen-bond donors (Lipinski definition) is 2. The fourth-order valence-corrected chi connectivity index (χ4v) is 4.20. The van der Waals surface area contributed by atoms with Crippen molar-refractivity contribution in [3.8, 4) is 0 Å². The minimum atomic E-state index is -0.685. The molecule has 2 amide bonds. The molecule has 4 rings (SSSR count). The number of amides is 2. The summed E-state index contributed by atoms with van der Waals surface area (Å²) in [6.45, 7) is 1.26. The summed E-state index contributed by atoms with van der Waals surface area (Å²) in [5, 5.41) is 10.4. The lowest BCUT2D eigenvalue weighted by Gasteiger charge is -2.43. The van der Waals surface area contributed by atoms with Crippen molar-refractivity contribution in [2.75, 3.05) is 11.9 Å². The van der Waals surface area contributed by atoms with Crippen LogP contribution in [0, 0.1) is 0 Å². The van der Waals surface area contributed by atoms with Gasteiger partial charge in [-0.25, -0.2) is 0 Å². The first-order valence-corrected chi connectivity index (χ1v) is 9.36. The maximum absolute atomic E-state index is 12.2. The van der Waals surface area contributed by atoms with Gasteiger partial charge in [-0.2, -0.15) is 5.10 Å². The molecule has 1 aromatic carbocycles. The van der Waals surface area contributed by atoms with Crippen molar-refractivity contribution in [3.05, 3.63) is 46.6 Å². The molecule has 6 nitrogen and oxygen atoms in total. The Labute approximate surface area is 156 Å². The average Bonchev–Trinajstić information content (AvgIpc) is 3.16. The molecule has 1 aliphatic heterocycles. The Morgan fingerprint density at radius 2 is 2.00 bits per heavy atom. The van der Waals surface area contributed by atoms with E-state index in [1.165, 1.54) is 0 Å². The van der Waals surface area contributed by atoms with Gasteiger partial charge in [-0.3, -0.25) is 14.3 Å². The smallest absolute Gasteiger partial charge is 0.314 e. The van der Waals surface area contributed by atoms with Gasteiger partial charge in [0, 0.05) is 35.3 Å². The first-order chi connectivity index (χ1) is 12.6. The summed E-state index contributed by atoms with van der Waals surface area (Å²) in [5.41, 5.74) is 1.95. The van der Waals surface area contributed by atoms with Crippen LogP contribution in [0.3, 0.4) is 0 Å². The molecule has 1 aliphatic carbocycles. The number of halogens is 1. The number of aryl methyl sites for hydroxylation is 2. The molecule has 0 spiro atoms. The molecule has 0 unspecified atom stereocenters. The fraction of sp³-hybridized carbons (Fsp3) is 0.421. The van der Waals surface area contributed by atoms with E-state index < -0.39 is 11.8 Å². The number of fused-ring (bicyclic) bond motifs is 1. The van der Waals surface area contributed by atoms with Crippen LogP contribution in [0.25, 0.3) is 0 Å². The highest BCUT2D eigenvalue weighted by atomic mass is 35.5. The maximum atomic E-state index is 12.2. The zero-order chi connectivity index (χ0) is 18.1. The van der Waals surface area contributed by atoms with E-state index in [9.17, 15) is 9.59 Å². The molecule has 0 bridgehead atoms. The number of aromatic nitrogens is 2. The van der Waals surface area contributed by atoms with Gasteiger partial charge in [0.2, 0.25) is 0 Å². The van der Waals surface area contributed by atoms with Gasteiger partial charge in [0.05, 0.1) is 0 Å². The number of nitrogens with zero attached hydrogens (tertiary/aromatic N) is 2. The second kappa shape index (κ2) is 6.76. The highest BCUT2D eigenvalue weighted by Crippen LogP contribution is 2.45. The Hall–Kier alpha value is -2.34. The zero-order valence-electron chi connectivity index (χ0n) is 14.4. The monoisotopic (exact) mass is 372 g/mol. The van der Waals surface area contributed by atoms with Crippen LogP contribution in [0.2, 0.25) is 5.02 Å². The summed E-state index contributed by atoms with van der Waals surface area (Å²) in [6.07, 6.45) is 5.02. The minimum absolute atomic E-state index is 0.177. The largest absolute Gasteiger partial charge is 0.347 e.